The Kier molecular flexibility index (Phi) is 7.90. The van der Waals surface area contributed by atoms with Crippen molar-refractivity contribution in [3.05, 3.63) is 113 Å². The molecule has 7 heteroatoms. The van der Waals surface area contributed by atoms with Gasteiger partial charge >= 0.3 is 6.09 Å². The van der Waals surface area contributed by atoms with Gasteiger partial charge in [-0.3, -0.25) is 14.9 Å². The Bertz CT molecular complexity index is 1330. The van der Waals surface area contributed by atoms with Crippen LogP contribution in [-0.4, -0.2) is 26.6 Å². The molecule has 1 aromatic heterocycles. The third kappa shape index (κ3) is 5.86. The smallest absolute Gasteiger partial charge is 0.409 e. The monoisotopic (exact) mass is 483 g/mol. The van der Waals surface area contributed by atoms with Crippen LogP contribution in [0.25, 0.3) is 5.69 Å². The summed E-state index contributed by atoms with van der Waals surface area (Å²) in [6.45, 7) is 8.55. The molecule has 1 N–H and O–H groups in total. The quantitative estimate of drug-likeness (QED) is 0.371. The average molecular weight is 484 g/mol. The van der Waals surface area contributed by atoms with Crippen LogP contribution in [0.2, 0.25) is 0 Å². The number of para-hydroxylation sites is 1. The molecule has 186 valence electrons. The fourth-order valence-corrected chi connectivity index (χ4v) is 3.78. The van der Waals surface area contributed by atoms with Crippen molar-refractivity contribution in [3.63, 3.8) is 0 Å². The van der Waals surface area contributed by atoms with E-state index in [1.807, 2.05) is 96.4 Å². The number of alkyl carbamates (subject to hydrolysis) is 1. The number of carbonyl (C=O) groups is 1. The van der Waals surface area contributed by atoms with E-state index in [9.17, 15) is 4.79 Å². The van der Waals surface area contributed by atoms with Crippen molar-refractivity contribution in [1.29, 1.82) is 0 Å². The van der Waals surface area contributed by atoms with Crippen molar-refractivity contribution >= 4 is 11.8 Å². The lowest BCUT2D eigenvalue weighted by molar-refractivity contribution is 0.135. The molecule has 0 spiro atoms. The second-order valence-corrected chi connectivity index (χ2v) is 9.14. The van der Waals surface area contributed by atoms with E-state index in [2.05, 4.69) is 36.3 Å². The van der Waals surface area contributed by atoms with Gasteiger partial charge in [-0.1, -0.05) is 99.6 Å². The largest absolute Gasteiger partial charge is 0.445 e. The first-order chi connectivity index (χ1) is 17.4. The summed E-state index contributed by atoms with van der Waals surface area (Å²) in [5.41, 5.74) is 4.46. The molecular weight excluding hydrogens is 450 g/mol. The number of ether oxygens (including phenoxy) is 1. The van der Waals surface area contributed by atoms with Gasteiger partial charge in [0.15, 0.2) is 12.0 Å². The predicted molar refractivity (Wildman–Crippen MR) is 143 cm³/mol. The number of aryl methyl sites for hydroxylation is 1. The summed E-state index contributed by atoms with van der Waals surface area (Å²) >= 11 is 0. The Morgan fingerprint density at radius 2 is 1.56 bits per heavy atom. The van der Waals surface area contributed by atoms with E-state index in [1.54, 1.807) is 0 Å². The van der Waals surface area contributed by atoms with Gasteiger partial charge in [-0.25, -0.2) is 4.79 Å². The molecule has 5 rings (SSSR count). The predicted octanol–water partition coefficient (Wildman–Crippen LogP) is 6.26. The zero-order chi connectivity index (χ0) is 25.5. The topological polar surface area (TPSA) is 81.4 Å². The van der Waals surface area contributed by atoms with Crippen molar-refractivity contribution in [1.82, 2.24) is 20.1 Å². The molecule has 0 saturated carbocycles. The lowest BCUT2D eigenvalue weighted by atomic mass is 10.0. The molecule has 36 heavy (non-hydrogen) atoms. The van der Waals surface area contributed by atoms with Crippen LogP contribution in [0, 0.1) is 12.8 Å². The zero-order valence-electron chi connectivity index (χ0n) is 21.1. The van der Waals surface area contributed by atoms with Gasteiger partial charge in [0.05, 0.1) is 11.4 Å². The number of aromatic nitrogens is 3. The maximum atomic E-state index is 12.7. The minimum absolute atomic E-state index is 0. The van der Waals surface area contributed by atoms with Crippen LogP contribution in [0.3, 0.4) is 0 Å². The highest BCUT2D eigenvalue weighted by Gasteiger charge is 2.29. The standard InChI is InChI=1S/C25H21N5O2.C4H10.H2/c1-17-28-29-24-23(27-25(31)32-16-18-10-4-2-5-11-18)26-22(19-12-6-3-7-13-19)20-14-8-9-15-21(20)30(17)24;1-4(2)3;/h2-15,23H,16H2,1H3,(H,27,31);4H,1-3H3;1H/t23-;;/m0../s1. The summed E-state index contributed by atoms with van der Waals surface area (Å²) in [6.07, 6.45) is -1.34. The molecule has 4 aromatic rings. The number of amides is 1. The first-order valence-corrected chi connectivity index (χ1v) is 12.1. The van der Waals surface area contributed by atoms with Crippen LogP contribution in [0.1, 0.15) is 56.7 Å². The maximum absolute atomic E-state index is 12.7. The molecule has 0 unspecified atom stereocenters. The van der Waals surface area contributed by atoms with E-state index in [0.717, 1.165) is 34.0 Å². The number of aliphatic imine (C=N–C) groups is 1. The highest BCUT2D eigenvalue weighted by molar-refractivity contribution is 6.15. The van der Waals surface area contributed by atoms with E-state index >= 15 is 0 Å². The average Bonchev–Trinajstić information content (AvgIpc) is 3.20. The molecule has 0 bridgehead atoms. The summed E-state index contributed by atoms with van der Waals surface area (Å²) in [4.78, 5) is 17.6. The van der Waals surface area contributed by atoms with Crippen LogP contribution in [0.15, 0.2) is 89.9 Å². The van der Waals surface area contributed by atoms with E-state index in [4.69, 9.17) is 9.73 Å². The number of fused-ring (bicyclic) bond motifs is 3. The molecule has 1 amide bonds. The zero-order valence-corrected chi connectivity index (χ0v) is 21.1. The first-order valence-electron chi connectivity index (χ1n) is 12.1. The van der Waals surface area contributed by atoms with Gasteiger partial charge in [-0.15, -0.1) is 10.2 Å². The molecule has 1 aliphatic heterocycles. The van der Waals surface area contributed by atoms with Crippen molar-refractivity contribution < 1.29 is 11.0 Å². The lowest BCUT2D eigenvalue weighted by Gasteiger charge is -2.14. The Labute approximate surface area is 213 Å². The number of nitrogens with zero attached hydrogens (tertiary/aromatic N) is 4. The van der Waals surface area contributed by atoms with Gasteiger partial charge in [0.2, 0.25) is 0 Å². The summed E-state index contributed by atoms with van der Waals surface area (Å²) in [7, 11) is 0. The minimum atomic E-state index is -0.762. The van der Waals surface area contributed by atoms with Gasteiger partial charge in [-0.05, 0) is 24.5 Å². The summed E-state index contributed by atoms with van der Waals surface area (Å²) in [6, 6.07) is 27.4. The van der Waals surface area contributed by atoms with Gasteiger partial charge in [0.25, 0.3) is 0 Å². The van der Waals surface area contributed by atoms with Crippen molar-refractivity contribution in [2.24, 2.45) is 10.9 Å². The Balaban J connectivity index is 0.000000711. The molecule has 0 saturated heterocycles. The van der Waals surface area contributed by atoms with Crippen LogP contribution in [-0.2, 0) is 11.3 Å². The van der Waals surface area contributed by atoms with Gasteiger partial charge in [-0.2, -0.15) is 0 Å². The highest BCUT2D eigenvalue weighted by Crippen LogP contribution is 2.29. The lowest BCUT2D eigenvalue weighted by Crippen LogP contribution is -2.30. The molecule has 0 aliphatic carbocycles. The van der Waals surface area contributed by atoms with Gasteiger partial charge in [0.1, 0.15) is 12.4 Å². The first kappa shape index (κ1) is 24.9. The van der Waals surface area contributed by atoms with Crippen LogP contribution < -0.4 is 5.32 Å². The second kappa shape index (κ2) is 11.4. The van der Waals surface area contributed by atoms with Crippen LogP contribution >= 0.6 is 0 Å². The van der Waals surface area contributed by atoms with Crippen LogP contribution in [0.5, 0.6) is 0 Å². The molecule has 1 aliphatic rings. The number of carbonyl (C=O) groups excluding carboxylic acids is 1. The molecule has 0 fully saturated rings. The fourth-order valence-electron chi connectivity index (χ4n) is 3.78. The number of hydrogen-bond acceptors (Lipinski definition) is 5. The molecule has 2 heterocycles. The van der Waals surface area contributed by atoms with Crippen molar-refractivity contribution in [2.45, 2.75) is 40.5 Å². The molecular formula is C29H33N5O2. The second-order valence-electron chi connectivity index (χ2n) is 9.14. The minimum Gasteiger partial charge on any atom is -0.445 e. The normalized spacial score (nSPS) is 13.9. The molecule has 1 atom stereocenters. The summed E-state index contributed by atoms with van der Waals surface area (Å²) in [5.74, 6) is 2.07. The Morgan fingerprint density at radius 3 is 2.25 bits per heavy atom. The molecule has 3 aromatic carbocycles. The summed E-state index contributed by atoms with van der Waals surface area (Å²) < 4.78 is 7.36. The fraction of sp³-hybridized carbons (Fsp3) is 0.241. The van der Waals surface area contributed by atoms with E-state index in [0.29, 0.717) is 11.6 Å². The van der Waals surface area contributed by atoms with E-state index in [-0.39, 0.29) is 8.03 Å². The Morgan fingerprint density at radius 1 is 0.944 bits per heavy atom. The third-order valence-corrected chi connectivity index (χ3v) is 5.27. The van der Waals surface area contributed by atoms with Crippen LogP contribution in [0.4, 0.5) is 4.79 Å². The molecule has 7 nitrogen and oxygen atoms in total. The van der Waals surface area contributed by atoms with E-state index < -0.39 is 12.3 Å². The third-order valence-electron chi connectivity index (χ3n) is 5.27. The molecule has 0 radical (unpaired) electrons. The maximum Gasteiger partial charge on any atom is 0.409 e. The van der Waals surface area contributed by atoms with Gasteiger partial charge in [0, 0.05) is 12.6 Å². The van der Waals surface area contributed by atoms with E-state index in [1.165, 1.54) is 0 Å². The van der Waals surface area contributed by atoms with Crippen molar-refractivity contribution in [3.8, 4) is 5.69 Å². The number of nitrogens with one attached hydrogen (secondary N) is 1. The number of rotatable bonds is 4. The highest BCUT2D eigenvalue weighted by atomic mass is 16.5. The SMILES string of the molecule is CC(C)C.Cc1nnc2n1-c1ccccc1C(c1ccccc1)=N[C@H]2NC(=O)OCc1ccccc1.[HH]. The summed E-state index contributed by atoms with van der Waals surface area (Å²) in [5, 5.41) is 11.4. The Hall–Kier alpha value is -4.26. The number of benzene rings is 3. The van der Waals surface area contributed by atoms with Crippen molar-refractivity contribution in [2.75, 3.05) is 0 Å². The van der Waals surface area contributed by atoms with Gasteiger partial charge < -0.3 is 4.74 Å². The number of hydrogen-bond donors (Lipinski definition) is 1.